The first kappa shape index (κ1) is 28.0. The Balaban J connectivity index is 1.51. The molecule has 0 unspecified atom stereocenters. The van der Waals surface area contributed by atoms with Gasteiger partial charge in [-0.25, -0.2) is 13.6 Å². The summed E-state index contributed by atoms with van der Waals surface area (Å²) < 4.78 is 39.1. The Labute approximate surface area is 217 Å². The minimum absolute atomic E-state index is 0.0109. The number of carbonyl (C=O) groups excluding carboxylic acids is 1. The van der Waals surface area contributed by atoms with Gasteiger partial charge in [0.2, 0.25) is 5.92 Å². The first-order chi connectivity index (χ1) is 17.3. The van der Waals surface area contributed by atoms with Crippen LogP contribution in [0.15, 0.2) is 64.4 Å². The zero-order valence-electron chi connectivity index (χ0n) is 21.3. The third-order valence-corrected chi connectivity index (χ3v) is 7.25. The summed E-state index contributed by atoms with van der Waals surface area (Å²) >= 11 is 1.56. The van der Waals surface area contributed by atoms with Crippen molar-refractivity contribution in [1.29, 1.82) is 0 Å². The number of hydrogen-bond donors (Lipinski definition) is 0. The van der Waals surface area contributed by atoms with E-state index in [-0.39, 0.29) is 25.9 Å². The summed E-state index contributed by atoms with van der Waals surface area (Å²) in [7, 11) is 0. The maximum atomic E-state index is 14.1. The molecule has 0 saturated heterocycles. The van der Waals surface area contributed by atoms with Crippen LogP contribution in [0, 0.1) is 6.92 Å². The average molecular weight is 515 g/mol. The van der Waals surface area contributed by atoms with Crippen LogP contribution in [-0.4, -0.2) is 24.3 Å². The van der Waals surface area contributed by atoms with Gasteiger partial charge in [-0.3, -0.25) is 0 Å². The minimum Gasteiger partial charge on any atom is -0.463 e. The molecule has 3 rings (SSSR count). The molecular weight excluding hydrogens is 478 g/mol. The molecule has 0 radical (unpaired) electrons. The summed E-state index contributed by atoms with van der Waals surface area (Å²) in [6, 6.07) is 14.7. The monoisotopic (exact) mass is 514 g/mol. The van der Waals surface area contributed by atoms with Gasteiger partial charge >= 0.3 is 5.97 Å². The number of furan rings is 1. The third kappa shape index (κ3) is 8.51. The van der Waals surface area contributed by atoms with Crippen molar-refractivity contribution in [3.05, 3.63) is 66.2 Å². The van der Waals surface area contributed by atoms with E-state index in [1.807, 2.05) is 18.2 Å². The normalized spacial score (nSPS) is 11.7. The molecular formula is C30H36F2O3S. The van der Waals surface area contributed by atoms with E-state index >= 15 is 0 Å². The highest BCUT2D eigenvalue weighted by atomic mass is 32.2. The van der Waals surface area contributed by atoms with Crippen LogP contribution >= 0.6 is 11.8 Å². The van der Waals surface area contributed by atoms with Gasteiger partial charge in [0.25, 0.3) is 0 Å². The fourth-order valence-corrected chi connectivity index (χ4v) is 5.06. The van der Waals surface area contributed by atoms with E-state index in [1.165, 1.54) is 30.4 Å². The van der Waals surface area contributed by atoms with Crippen LogP contribution in [0.5, 0.6) is 0 Å². The predicted molar refractivity (Wildman–Crippen MR) is 145 cm³/mol. The number of unbranched alkanes of at least 4 members (excludes halogenated alkanes) is 2. The van der Waals surface area contributed by atoms with Crippen LogP contribution in [0.2, 0.25) is 0 Å². The molecule has 2 aromatic carbocycles. The molecule has 0 aliphatic carbocycles. The molecule has 0 amide bonds. The van der Waals surface area contributed by atoms with E-state index in [2.05, 4.69) is 44.7 Å². The van der Waals surface area contributed by atoms with Crippen LogP contribution in [0.1, 0.15) is 63.0 Å². The molecule has 0 N–H and O–H groups in total. The molecule has 1 heterocycles. The average Bonchev–Trinajstić information content (AvgIpc) is 3.27. The maximum absolute atomic E-state index is 14.1. The number of rotatable bonds is 15. The maximum Gasteiger partial charge on any atom is 0.330 e. The number of thioether (sulfide) groups is 1. The highest BCUT2D eigenvalue weighted by Crippen LogP contribution is 2.34. The number of ether oxygens (including phenoxy) is 1. The molecule has 36 heavy (non-hydrogen) atoms. The van der Waals surface area contributed by atoms with Gasteiger partial charge in [-0.15, -0.1) is 11.8 Å². The van der Waals surface area contributed by atoms with Crippen LogP contribution in [0.3, 0.4) is 0 Å². The van der Waals surface area contributed by atoms with Crippen molar-refractivity contribution >= 4 is 28.7 Å². The molecule has 0 aliphatic heterocycles. The van der Waals surface area contributed by atoms with Crippen molar-refractivity contribution in [2.45, 2.75) is 76.0 Å². The SMILES string of the molecule is C=CC(=O)OCCCC(F)(F)CCCSc1ccc2cc(-c3ccc(CCCCC)cc3C)oc2c1. The number of benzene rings is 2. The molecule has 3 nitrogen and oxygen atoms in total. The van der Waals surface area contributed by atoms with Gasteiger partial charge in [-0.2, -0.15) is 0 Å². The number of esters is 1. The minimum atomic E-state index is -2.76. The Morgan fingerprint density at radius 3 is 2.64 bits per heavy atom. The Morgan fingerprint density at radius 1 is 1.08 bits per heavy atom. The summed E-state index contributed by atoms with van der Waals surface area (Å²) in [5, 5.41) is 1.03. The second-order valence-corrected chi connectivity index (χ2v) is 10.4. The zero-order chi connectivity index (χ0) is 26.0. The lowest BCUT2D eigenvalue weighted by molar-refractivity contribution is -0.138. The van der Waals surface area contributed by atoms with E-state index < -0.39 is 11.9 Å². The number of aryl methyl sites for hydroxylation is 2. The Bertz CT molecular complexity index is 1150. The molecule has 0 saturated carbocycles. The molecule has 6 heteroatoms. The Morgan fingerprint density at radius 2 is 1.89 bits per heavy atom. The number of halogens is 2. The van der Waals surface area contributed by atoms with E-state index in [0.29, 0.717) is 12.2 Å². The lowest BCUT2D eigenvalue weighted by atomic mass is 10.00. The fraction of sp³-hybridized carbons (Fsp3) is 0.433. The summed E-state index contributed by atoms with van der Waals surface area (Å²) in [6.07, 6.45) is 5.88. The van der Waals surface area contributed by atoms with Crippen LogP contribution in [0.25, 0.3) is 22.3 Å². The first-order valence-corrected chi connectivity index (χ1v) is 13.7. The summed E-state index contributed by atoms with van der Waals surface area (Å²) in [5.74, 6) is -1.90. The smallest absolute Gasteiger partial charge is 0.330 e. The van der Waals surface area contributed by atoms with E-state index in [9.17, 15) is 13.6 Å². The number of alkyl halides is 2. The molecule has 0 bridgehead atoms. The summed E-state index contributed by atoms with van der Waals surface area (Å²) in [6.45, 7) is 7.61. The highest BCUT2D eigenvalue weighted by Gasteiger charge is 2.27. The van der Waals surface area contributed by atoms with Crippen molar-refractivity contribution in [3.8, 4) is 11.3 Å². The lowest BCUT2D eigenvalue weighted by Gasteiger charge is -2.15. The molecule has 0 atom stereocenters. The second-order valence-electron chi connectivity index (χ2n) is 9.20. The van der Waals surface area contributed by atoms with Gasteiger partial charge < -0.3 is 9.15 Å². The predicted octanol–water partition coefficient (Wildman–Crippen LogP) is 9.16. The van der Waals surface area contributed by atoms with Crippen molar-refractivity contribution in [1.82, 2.24) is 0 Å². The topological polar surface area (TPSA) is 39.4 Å². The van der Waals surface area contributed by atoms with Gasteiger partial charge in [0.05, 0.1) is 6.61 Å². The van der Waals surface area contributed by atoms with Crippen molar-refractivity contribution < 1.29 is 22.7 Å². The molecule has 3 aromatic rings. The fourth-order valence-electron chi connectivity index (χ4n) is 4.18. The first-order valence-electron chi connectivity index (χ1n) is 12.7. The van der Waals surface area contributed by atoms with Crippen molar-refractivity contribution in [2.75, 3.05) is 12.4 Å². The van der Waals surface area contributed by atoms with Crippen LogP contribution < -0.4 is 0 Å². The van der Waals surface area contributed by atoms with Gasteiger partial charge in [-0.1, -0.05) is 44.5 Å². The van der Waals surface area contributed by atoms with Crippen molar-refractivity contribution in [3.63, 3.8) is 0 Å². The third-order valence-electron chi connectivity index (χ3n) is 6.17. The van der Waals surface area contributed by atoms with E-state index in [1.54, 1.807) is 11.8 Å². The van der Waals surface area contributed by atoms with Gasteiger partial charge in [0.15, 0.2) is 0 Å². The van der Waals surface area contributed by atoms with E-state index in [4.69, 9.17) is 9.15 Å². The quantitative estimate of drug-likeness (QED) is 0.0877. The Hall–Kier alpha value is -2.60. The highest BCUT2D eigenvalue weighted by molar-refractivity contribution is 7.99. The molecule has 194 valence electrons. The number of hydrogen-bond acceptors (Lipinski definition) is 4. The molecule has 0 fully saturated rings. The van der Waals surface area contributed by atoms with Gasteiger partial charge in [0.1, 0.15) is 11.3 Å². The zero-order valence-corrected chi connectivity index (χ0v) is 22.1. The molecule has 1 aromatic heterocycles. The summed E-state index contributed by atoms with van der Waals surface area (Å²) in [4.78, 5) is 12.0. The van der Waals surface area contributed by atoms with Crippen LogP contribution in [0.4, 0.5) is 8.78 Å². The van der Waals surface area contributed by atoms with E-state index in [0.717, 1.165) is 39.7 Å². The largest absolute Gasteiger partial charge is 0.463 e. The molecule has 0 spiro atoms. The summed E-state index contributed by atoms with van der Waals surface area (Å²) in [5.41, 5.74) is 4.47. The molecule has 0 aliphatic rings. The second kappa shape index (κ2) is 13.6. The van der Waals surface area contributed by atoms with Crippen LogP contribution in [-0.2, 0) is 16.0 Å². The number of carbonyl (C=O) groups is 1. The van der Waals surface area contributed by atoms with Crippen molar-refractivity contribution in [2.24, 2.45) is 0 Å². The van der Waals surface area contributed by atoms with Gasteiger partial charge in [-0.05, 0) is 73.8 Å². The Kier molecular flexibility index (Phi) is 10.6. The van der Waals surface area contributed by atoms with Gasteiger partial charge in [0, 0.05) is 34.8 Å². The number of fused-ring (bicyclic) bond motifs is 1. The standard InChI is InChI=1S/C30H36F2O3S/c1-4-6-7-10-23-11-14-26(22(3)19-23)28-20-24-12-13-25(21-27(24)35-28)36-18-9-16-30(31,32)15-8-17-34-29(33)5-2/h5,11-14,19-21H,2,4,6-10,15-18H2,1,3H3. The lowest BCUT2D eigenvalue weighted by Crippen LogP contribution is -2.17.